The normalized spacial score (nSPS) is 10.9. The molecule has 0 bridgehead atoms. The third-order valence-electron chi connectivity index (χ3n) is 5.79. The quantitative estimate of drug-likeness (QED) is 0.325. The van der Waals surface area contributed by atoms with Crippen LogP contribution in [0.15, 0.2) is 107 Å². The molecule has 166 valence electrons. The van der Waals surface area contributed by atoms with Crippen LogP contribution in [0.4, 0.5) is 0 Å². The fourth-order valence-corrected chi connectivity index (χ4v) is 5.01. The van der Waals surface area contributed by atoms with Gasteiger partial charge in [-0.25, -0.2) is 14.1 Å². The molecule has 0 radical (unpaired) electrons. The van der Waals surface area contributed by atoms with Crippen LogP contribution in [0.2, 0.25) is 0 Å². The molecule has 0 aliphatic carbocycles. The van der Waals surface area contributed by atoms with Crippen molar-refractivity contribution in [1.82, 2.24) is 19.2 Å². The highest BCUT2D eigenvalue weighted by Crippen LogP contribution is 2.33. The van der Waals surface area contributed by atoms with Crippen molar-refractivity contribution >= 4 is 16.3 Å². The highest BCUT2D eigenvalue weighted by molar-refractivity contribution is 7.15. The Balaban J connectivity index is 1.63. The molecule has 0 saturated carbocycles. The topological polar surface area (TPSA) is 76.0 Å². The van der Waals surface area contributed by atoms with Gasteiger partial charge in [-0.2, -0.15) is 10.4 Å². The Morgan fingerprint density at radius 2 is 1.43 bits per heavy atom. The monoisotopic (exact) mass is 471 g/mol. The molecular weight excluding hydrogens is 454 g/mol. The van der Waals surface area contributed by atoms with Crippen molar-refractivity contribution in [2.45, 2.75) is 0 Å². The first-order valence-electron chi connectivity index (χ1n) is 11.0. The number of benzene rings is 3. The molecule has 0 fully saturated rings. The summed E-state index contributed by atoms with van der Waals surface area (Å²) in [5.41, 5.74) is 4.57. The molecular formula is C28H17N5OS. The van der Waals surface area contributed by atoms with Crippen LogP contribution in [0.25, 0.3) is 44.4 Å². The highest BCUT2D eigenvalue weighted by atomic mass is 32.1. The van der Waals surface area contributed by atoms with Crippen molar-refractivity contribution in [2.24, 2.45) is 0 Å². The zero-order chi connectivity index (χ0) is 23.8. The summed E-state index contributed by atoms with van der Waals surface area (Å²) >= 11 is 1.37. The lowest BCUT2D eigenvalue weighted by atomic mass is 10.0. The number of thiazole rings is 1. The minimum atomic E-state index is -0.390. The molecule has 35 heavy (non-hydrogen) atoms. The zero-order valence-corrected chi connectivity index (χ0v) is 19.2. The van der Waals surface area contributed by atoms with E-state index in [-0.39, 0.29) is 11.1 Å². The summed E-state index contributed by atoms with van der Waals surface area (Å²) in [7, 11) is 0. The van der Waals surface area contributed by atoms with E-state index in [1.807, 2.05) is 103 Å². The average molecular weight is 472 g/mol. The third-order valence-corrected chi connectivity index (χ3v) is 6.61. The predicted molar refractivity (Wildman–Crippen MR) is 137 cm³/mol. The summed E-state index contributed by atoms with van der Waals surface area (Å²) in [6, 6.07) is 31.2. The fourth-order valence-electron chi connectivity index (χ4n) is 4.13. The summed E-state index contributed by atoms with van der Waals surface area (Å²) < 4.78 is 3.28. The van der Waals surface area contributed by atoms with Gasteiger partial charge >= 0.3 is 0 Å². The minimum absolute atomic E-state index is 0.0112. The molecule has 0 N–H and O–H groups in total. The second kappa shape index (κ2) is 8.52. The van der Waals surface area contributed by atoms with E-state index in [1.54, 1.807) is 4.68 Å². The number of aromatic nitrogens is 4. The molecule has 3 aromatic heterocycles. The van der Waals surface area contributed by atoms with Crippen LogP contribution in [0.1, 0.15) is 5.56 Å². The Morgan fingerprint density at radius 3 is 2.09 bits per heavy atom. The van der Waals surface area contributed by atoms with Crippen molar-refractivity contribution in [3.63, 3.8) is 0 Å². The van der Waals surface area contributed by atoms with Gasteiger partial charge in [-0.3, -0.25) is 4.79 Å². The Morgan fingerprint density at radius 1 is 0.800 bits per heavy atom. The standard InChI is InChI=1S/C28H17N5OS/c29-16-22-26(30-28-33(27(22)34)24(18-35-28)19-10-4-1-5-11-19)23-17-32(21-14-8-3-9-15-21)31-25(23)20-12-6-2-7-13-20/h1-15,17-18H. The molecule has 0 amide bonds. The molecule has 3 aromatic carbocycles. The van der Waals surface area contributed by atoms with E-state index in [0.717, 1.165) is 22.5 Å². The van der Waals surface area contributed by atoms with Gasteiger partial charge in [0.15, 0.2) is 4.96 Å². The van der Waals surface area contributed by atoms with Crippen LogP contribution in [0, 0.1) is 11.3 Å². The number of hydrogen-bond donors (Lipinski definition) is 0. The fraction of sp³-hybridized carbons (Fsp3) is 0. The summed E-state index contributed by atoms with van der Waals surface area (Å²) in [5, 5.41) is 16.8. The first-order valence-corrected chi connectivity index (χ1v) is 11.8. The van der Waals surface area contributed by atoms with E-state index in [2.05, 4.69) is 6.07 Å². The van der Waals surface area contributed by atoms with Gasteiger partial charge in [0.2, 0.25) is 0 Å². The molecule has 0 atom stereocenters. The smallest absolute Gasteiger partial charge is 0.267 e. The Labute approximate surface area is 204 Å². The van der Waals surface area contributed by atoms with Crippen LogP contribution >= 0.6 is 11.3 Å². The maximum Gasteiger partial charge on any atom is 0.277 e. The van der Waals surface area contributed by atoms with Crippen molar-refractivity contribution in [3.8, 4) is 45.5 Å². The van der Waals surface area contributed by atoms with E-state index < -0.39 is 0 Å². The number of fused-ring (bicyclic) bond motifs is 1. The van der Waals surface area contributed by atoms with Gasteiger partial charge < -0.3 is 0 Å². The van der Waals surface area contributed by atoms with Gasteiger partial charge in [0.25, 0.3) is 5.56 Å². The maximum atomic E-state index is 13.6. The van der Waals surface area contributed by atoms with Crippen LogP contribution < -0.4 is 5.56 Å². The largest absolute Gasteiger partial charge is 0.277 e. The Hall–Kier alpha value is -4.80. The molecule has 6 rings (SSSR count). The summed E-state index contributed by atoms with van der Waals surface area (Å²) in [4.78, 5) is 19.0. The second-order valence-corrected chi connectivity index (χ2v) is 8.73. The molecule has 7 heteroatoms. The highest BCUT2D eigenvalue weighted by Gasteiger charge is 2.23. The van der Waals surface area contributed by atoms with E-state index in [9.17, 15) is 10.1 Å². The number of nitrogens with zero attached hydrogens (tertiary/aromatic N) is 5. The molecule has 6 nitrogen and oxygen atoms in total. The van der Waals surface area contributed by atoms with Gasteiger partial charge in [-0.15, -0.1) is 11.3 Å². The van der Waals surface area contributed by atoms with Crippen molar-refractivity contribution in [2.75, 3.05) is 0 Å². The second-order valence-electron chi connectivity index (χ2n) is 7.89. The van der Waals surface area contributed by atoms with Crippen LogP contribution in [0.5, 0.6) is 0 Å². The molecule has 3 heterocycles. The van der Waals surface area contributed by atoms with E-state index >= 15 is 0 Å². The Kier molecular flexibility index (Phi) is 5.06. The first kappa shape index (κ1) is 20.8. The van der Waals surface area contributed by atoms with Crippen LogP contribution in [-0.2, 0) is 0 Å². The minimum Gasteiger partial charge on any atom is -0.267 e. The van der Waals surface area contributed by atoms with Crippen LogP contribution in [-0.4, -0.2) is 19.2 Å². The predicted octanol–water partition coefficient (Wildman–Crippen LogP) is 5.81. The molecule has 0 aliphatic rings. The number of hydrogen-bond acceptors (Lipinski definition) is 5. The van der Waals surface area contributed by atoms with E-state index in [0.29, 0.717) is 21.9 Å². The van der Waals surface area contributed by atoms with Gasteiger partial charge in [0.05, 0.1) is 11.4 Å². The SMILES string of the molecule is N#Cc1c(-c2cn(-c3ccccc3)nc2-c2ccccc2)nc2scc(-c3ccccc3)n2c1=O. The maximum absolute atomic E-state index is 13.6. The van der Waals surface area contributed by atoms with Crippen molar-refractivity contribution in [3.05, 3.63) is 118 Å². The summed E-state index contributed by atoms with van der Waals surface area (Å²) in [6.07, 6.45) is 1.84. The van der Waals surface area contributed by atoms with Gasteiger partial charge in [-0.1, -0.05) is 78.9 Å². The summed E-state index contributed by atoms with van der Waals surface area (Å²) in [5.74, 6) is 0. The lowest BCUT2D eigenvalue weighted by Crippen LogP contribution is -2.19. The number of rotatable bonds is 4. The molecule has 0 saturated heterocycles. The van der Waals surface area contributed by atoms with Crippen LogP contribution in [0.3, 0.4) is 0 Å². The van der Waals surface area contributed by atoms with Crippen molar-refractivity contribution in [1.29, 1.82) is 5.26 Å². The lowest BCUT2D eigenvalue weighted by molar-refractivity contribution is 0.884. The van der Waals surface area contributed by atoms with E-state index in [4.69, 9.17) is 10.1 Å². The molecule has 0 spiro atoms. The number of para-hydroxylation sites is 1. The zero-order valence-electron chi connectivity index (χ0n) is 18.4. The van der Waals surface area contributed by atoms with Gasteiger partial charge in [0.1, 0.15) is 23.0 Å². The summed E-state index contributed by atoms with van der Waals surface area (Å²) in [6.45, 7) is 0. The van der Waals surface area contributed by atoms with Gasteiger partial charge in [0, 0.05) is 22.7 Å². The average Bonchev–Trinajstić information content (AvgIpc) is 3.55. The lowest BCUT2D eigenvalue weighted by Gasteiger charge is -2.06. The molecule has 0 aliphatic heterocycles. The number of nitriles is 1. The van der Waals surface area contributed by atoms with E-state index in [1.165, 1.54) is 15.7 Å². The molecule has 6 aromatic rings. The van der Waals surface area contributed by atoms with Crippen molar-refractivity contribution < 1.29 is 0 Å². The third kappa shape index (κ3) is 3.53. The van der Waals surface area contributed by atoms with Gasteiger partial charge in [-0.05, 0) is 17.7 Å². The first-order chi connectivity index (χ1) is 17.2. The Bertz CT molecular complexity index is 1760. The molecule has 0 unspecified atom stereocenters.